The Morgan fingerprint density at radius 1 is 1.06 bits per heavy atom. The summed E-state index contributed by atoms with van der Waals surface area (Å²) in [5, 5.41) is 0.795. The molecule has 1 fully saturated rings. The van der Waals surface area contributed by atoms with Crippen molar-refractivity contribution in [2.75, 3.05) is 6.54 Å². The minimum absolute atomic E-state index is 0.303. The van der Waals surface area contributed by atoms with Crippen LogP contribution < -0.4 is 10.4 Å². The van der Waals surface area contributed by atoms with Crippen LogP contribution >= 0.6 is 0 Å². The first-order chi connectivity index (χ1) is 16.5. The molecular weight excluding hydrogens is 446 g/mol. The summed E-state index contributed by atoms with van der Waals surface area (Å²) in [6, 6.07) is 12.5. The lowest BCUT2D eigenvalue weighted by Gasteiger charge is -2.27. The summed E-state index contributed by atoms with van der Waals surface area (Å²) in [4.78, 5) is 39.8. The fraction of sp³-hybridized carbons (Fsp3) is 0.393. The molecule has 1 amide bonds. The number of carbonyl (C=O) groups is 2. The summed E-state index contributed by atoms with van der Waals surface area (Å²) in [6.07, 6.45) is 1.14. The third-order valence-electron chi connectivity index (χ3n) is 6.24. The highest BCUT2D eigenvalue weighted by atomic mass is 16.6. The van der Waals surface area contributed by atoms with Gasteiger partial charge in [-0.25, -0.2) is 14.4 Å². The number of amides is 1. The molecule has 7 heteroatoms. The summed E-state index contributed by atoms with van der Waals surface area (Å²) >= 11 is 0. The van der Waals surface area contributed by atoms with E-state index in [1.54, 1.807) is 39.8 Å². The average molecular weight is 478 g/mol. The molecule has 1 aromatic heterocycles. The van der Waals surface area contributed by atoms with Gasteiger partial charge in [0.05, 0.1) is 0 Å². The van der Waals surface area contributed by atoms with Gasteiger partial charge in [-0.1, -0.05) is 30.3 Å². The Morgan fingerprint density at radius 3 is 2.46 bits per heavy atom. The molecule has 1 atom stereocenters. The first-order valence-electron chi connectivity index (χ1n) is 11.9. The summed E-state index contributed by atoms with van der Waals surface area (Å²) in [5.41, 5.74) is 2.36. The van der Waals surface area contributed by atoms with Gasteiger partial charge in [0.2, 0.25) is 0 Å². The molecule has 0 saturated carbocycles. The molecule has 35 heavy (non-hydrogen) atoms. The third kappa shape index (κ3) is 5.24. The molecule has 2 aromatic carbocycles. The molecule has 1 unspecified atom stereocenters. The van der Waals surface area contributed by atoms with E-state index in [1.165, 1.54) is 4.90 Å². The minimum Gasteiger partial charge on any atom is -0.444 e. The van der Waals surface area contributed by atoms with Gasteiger partial charge >= 0.3 is 17.7 Å². The second-order valence-corrected chi connectivity index (χ2v) is 9.97. The molecular formula is C28H31NO6. The molecule has 1 saturated heterocycles. The number of ether oxygens (including phenoxy) is 2. The first-order valence-corrected chi connectivity index (χ1v) is 11.9. The molecule has 0 N–H and O–H groups in total. The highest BCUT2D eigenvalue weighted by Crippen LogP contribution is 2.31. The predicted octanol–water partition coefficient (Wildman–Crippen LogP) is 5.31. The van der Waals surface area contributed by atoms with Crippen molar-refractivity contribution in [2.45, 2.75) is 65.5 Å². The fourth-order valence-electron chi connectivity index (χ4n) is 4.41. The van der Waals surface area contributed by atoms with E-state index in [0.717, 1.165) is 16.5 Å². The van der Waals surface area contributed by atoms with E-state index in [4.69, 9.17) is 13.9 Å². The lowest BCUT2D eigenvalue weighted by atomic mass is 9.98. The summed E-state index contributed by atoms with van der Waals surface area (Å²) in [7, 11) is 0. The van der Waals surface area contributed by atoms with Gasteiger partial charge in [-0.15, -0.1) is 0 Å². The smallest absolute Gasteiger partial charge is 0.411 e. The first kappa shape index (κ1) is 24.5. The molecule has 0 radical (unpaired) electrons. The summed E-state index contributed by atoms with van der Waals surface area (Å²) < 4.78 is 16.9. The zero-order valence-electron chi connectivity index (χ0n) is 20.8. The lowest BCUT2D eigenvalue weighted by Crippen LogP contribution is -2.44. The van der Waals surface area contributed by atoms with Crippen LogP contribution in [0.5, 0.6) is 5.75 Å². The van der Waals surface area contributed by atoms with E-state index >= 15 is 0 Å². The molecule has 7 nitrogen and oxygen atoms in total. The van der Waals surface area contributed by atoms with Crippen molar-refractivity contribution in [3.63, 3.8) is 0 Å². The van der Waals surface area contributed by atoms with Crippen LogP contribution in [0.25, 0.3) is 11.0 Å². The molecule has 4 rings (SSSR count). The number of hydrogen-bond acceptors (Lipinski definition) is 6. The topological polar surface area (TPSA) is 86.0 Å². The monoisotopic (exact) mass is 477 g/mol. The zero-order chi connectivity index (χ0) is 25.3. The van der Waals surface area contributed by atoms with E-state index in [9.17, 15) is 14.4 Å². The number of fused-ring (bicyclic) bond motifs is 1. The number of aryl methyl sites for hydroxylation is 2. The summed E-state index contributed by atoms with van der Waals surface area (Å²) in [5.74, 6) is -0.229. The van der Waals surface area contributed by atoms with E-state index < -0.39 is 29.3 Å². The standard InChI is InChI=1S/C28H31NO6/c1-17-20-13-14-23(33-26(31)22-12-9-15-29(22)27(32)35-28(3,4)5)18(2)24(20)34-25(30)21(17)16-19-10-7-6-8-11-19/h6-8,10-11,13-14,22H,9,12,15-16H2,1-5H3. The van der Waals surface area contributed by atoms with Crippen molar-refractivity contribution in [3.05, 3.63) is 75.1 Å². The van der Waals surface area contributed by atoms with Crippen LogP contribution in [0.2, 0.25) is 0 Å². The van der Waals surface area contributed by atoms with Gasteiger partial charge < -0.3 is 13.9 Å². The molecule has 0 bridgehead atoms. The number of likely N-dealkylation sites (tertiary alicyclic amines) is 1. The van der Waals surface area contributed by atoms with Gasteiger partial charge in [0, 0.05) is 29.5 Å². The number of benzene rings is 2. The molecule has 1 aliphatic rings. The van der Waals surface area contributed by atoms with Crippen LogP contribution in [0.4, 0.5) is 4.79 Å². The van der Waals surface area contributed by atoms with Gasteiger partial charge in [-0.2, -0.15) is 0 Å². The largest absolute Gasteiger partial charge is 0.444 e. The van der Waals surface area contributed by atoms with Crippen molar-refractivity contribution in [1.82, 2.24) is 4.90 Å². The molecule has 3 aromatic rings. The van der Waals surface area contributed by atoms with Crippen LogP contribution in [0, 0.1) is 13.8 Å². The Kier molecular flexibility index (Phi) is 6.70. The average Bonchev–Trinajstić information content (AvgIpc) is 3.29. The van der Waals surface area contributed by atoms with E-state index in [1.807, 2.05) is 37.3 Å². The molecule has 2 heterocycles. The Morgan fingerprint density at radius 2 is 1.77 bits per heavy atom. The minimum atomic E-state index is -0.720. The van der Waals surface area contributed by atoms with E-state index in [-0.39, 0.29) is 0 Å². The maximum atomic E-state index is 13.0. The Bertz CT molecular complexity index is 1320. The Labute approximate surface area is 204 Å². The Hall–Kier alpha value is -3.61. The van der Waals surface area contributed by atoms with Crippen molar-refractivity contribution in [1.29, 1.82) is 0 Å². The number of esters is 1. The maximum Gasteiger partial charge on any atom is 0.411 e. The number of rotatable bonds is 4. The van der Waals surface area contributed by atoms with Crippen LogP contribution in [0.15, 0.2) is 51.7 Å². The van der Waals surface area contributed by atoms with Crippen LogP contribution in [-0.2, 0) is 16.0 Å². The Balaban J connectivity index is 1.59. The predicted molar refractivity (Wildman–Crippen MR) is 133 cm³/mol. The van der Waals surface area contributed by atoms with Crippen molar-refractivity contribution >= 4 is 23.0 Å². The van der Waals surface area contributed by atoms with Crippen LogP contribution in [0.1, 0.15) is 55.9 Å². The zero-order valence-corrected chi connectivity index (χ0v) is 20.8. The number of carbonyl (C=O) groups excluding carboxylic acids is 2. The van der Waals surface area contributed by atoms with Gasteiger partial charge in [0.25, 0.3) is 0 Å². The maximum absolute atomic E-state index is 13.0. The third-order valence-corrected chi connectivity index (χ3v) is 6.24. The van der Waals surface area contributed by atoms with E-state index in [0.29, 0.717) is 48.3 Å². The van der Waals surface area contributed by atoms with Gasteiger partial charge in [-0.3, -0.25) is 4.90 Å². The molecule has 184 valence electrons. The van der Waals surface area contributed by atoms with Crippen molar-refractivity contribution in [2.24, 2.45) is 0 Å². The van der Waals surface area contributed by atoms with Crippen LogP contribution in [0.3, 0.4) is 0 Å². The second-order valence-electron chi connectivity index (χ2n) is 9.97. The molecule has 0 aliphatic carbocycles. The molecule has 1 aliphatic heterocycles. The lowest BCUT2D eigenvalue weighted by molar-refractivity contribution is -0.139. The van der Waals surface area contributed by atoms with Crippen molar-refractivity contribution in [3.8, 4) is 5.75 Å². The van der Waals surface area contributed by atoms with E-state index in [2.05, 4.69) is 0 Å². The second kappa shape index (κ2) is 9.56. The van der Waals surface area contributed by atoms with Gasteiger partial charge in [-0.05, 0) is 70.7 Å². The van der Waals surface area contributed by atoms with Crippen molar-refractivity contribution < 1.29 is 23.5 Å². The number of hydrogen-bond donors (Lipinski definition) is 0. The van der Waals surface area contributed by atoms with Crippen LogP contribution in [-0.4, -0.2) is 35.2 Å². The fourth-order valence-corrected chi connectivity index (χ4v) is 4.41. The van der Waals surface area contributed by atoms with Gasteiger partial charge in [0.1, 0.15) is 23.0 Å². The summed E-state index contributed by atoms with van der Waals surface area (Å²) in [6.45, 7) is 9.45. The number of nitrogens with zero attached hydrogens (tertiary/aromatic N) is 1. The molecule has 0 spiro atoms. The normalized spacial score (nSPS) is 15.9. The highest BCUT2D eigenvalue weighted by molar-refractivity contribution is 5.88. The SMILES string of the molecule is Cc1c(Cc2ccccc2)c(=O)oc2c(C)c(OC(=O)C3CCCN3C(=O)OC(C)(C)C)ccc12. The quantitative estimate of drug-likeness (QED) is 0.288. The van der Waals surface area contributed by atoms with Gasteiger partial charge in [0.15, 0.2) is 0 Å². The highest BCUT2D eigenvalue weighted by Gasteiger charge is 2.38.